The number of hydrogen-bond acceptors (Lipinski definition) is 4. The maximum atomic E-state index is 9.23. The summed E-state index contributed by atoms with van der Waals surface area (Å²) in [7, 11) is 0. The highest BCUT2D eigenvalue weighted by atomic mass is 79.9. The normalized spacial score (nSPS) is 14.2. The Balaban J connectivity index is 1.75. The molecule has 0 radical (unpaired) electrons. The molecule has 0 saturated heterocycles. The number of halogens is 1. The fourth-order valence-corrected chi connectivity index (χ4v) is 5.14. The van der Waals surface area contributed by atoms with E-state index in [0.29, 0.717) is 5.56 Å². The van der Waals surface area contributed by atoms with Crippen LogP contribution in [0.1, 0.15) is 60.2 Å². The van der Waals surface area contributed by atoms with E-state index in [1.807, 2.05) is 26.0 Å². The smallest absolute Gasteiger partial charge is 0.141 e. The van der Waals surface area contributed by atoms with E-state index in [2.05, 4.69) is 69.3 Å². The summed E-state index contributed by atoms with van der Waals surface area (Å²) >= 11 is 3.57. The van der Waals surface area contributed by atoms with E-state index in [4.69, 9.17) is 4.52 Å². The maximum Gasteiger partial charge on any atom is 0.141 e. The van der Waals surface area contributed by atoms with Crippen molar-refractivity contribution >= 4 is 21.6 Å². The molecule has 1 fully saturated rings. The number of nitriles is 1. The third-order valence-electron chi connectivity index (χ3n) is 6.63. The van der Waals surface area contributed by atoms with Gasteiger partial charge in [0, 0.05) is 23.1 Å². The van der Waals surface area contributed by atoms with Crippen molar-refractivity contribution in [1.82, 2.24) is 5.16 Å². The van der Waals surface area contributed by atoms with E-state index in [9.17, 15) is 5.26 Å². The summed E-state index contributed by atoms with van der Waals surface area (Å²) in [6, 6.07) is 17.1. The molecular formula is C27H30BrN3O. The number of aryl methyl sites for hydroxylation is 3. The quantitative estimate of drug-likeness (QED) is 0.234. The van der Waals surface area contributed by atoms with E-state index in [0.717, 1.165) is 53.7 Å². The van der Waals surface area contributed by atoms with Crippen LogP contribution in [0.5, 0.6) is 0 Å². The maximum absolute atomic E-state index is 9.23. The Kier molecular flexibility index (Phi) is 6.71. The lowest BCUT2D eigenvalue weighted by Gasteiger charge is -2.36. The first-order valence-electron chi connectivity index (χ1n) is 11.4. The fraction of sp³-hybridized carbons (Fsp3) is 0.407. The molecule has 0 N–H and O–H groups in total. The van der Waals surface area contributed by atoms with Gasteiger partial charge in [0.05, 0.1) is 22.9 Å². The Labute approximate surface area is 199 Å². The number of nitrogens with zero attached hydrogens (tertiary/aromatic N) is 3. The van der Waals surface area contributed by atoms with Gasteiger partial charge >= 0.3 is 0 Å². The molecule has 3 aromatic rings. The largest absolute Gasteiger partial charge is 0.362 e. The Bertz CT molecular complexity index is 1100. The number of alkyl halides is 1. The van der Waals surface area contributed by atoms with Gasteiger partial charge in [-0.3, -0.25) is 0 Å². The first-order chi connectivity index (χ1) is 15.5. The van der Waals surface area contributed by atoms with Crippen LogP contribution in [0.15, 0.2) is 47.0 Å². The molecule has 0 amide bonds. The van der Waals surface area contributed by atoms with Crippen LogP contribution in [-0.2, 0) is 5.54 Å². The number of anilines is 1. The molecule has 4 nitrogen and oxygen atoms in total. The first-order valence-corrected chi connectivity index (χ1v) is 12.5. The summed E-state index contributed by atoms with van der Waals surface area (Å²) in [4.78, 5) is 2.62. The topological polar surface area (TPSA) is 53.1 Å². The highest BCUT2D eigenvalue weighted by molar-refractivity contribution is 9.09. The minimum Gasteiger partial charge on any atom is -0.362 e. The zero-order valence-corrected chi connectivity index (χ0v) is 20.7. The lowest BCUT2D eigenvalue weighted by Crippen LogP contribution is -2.37. The molecule has 0 aliphatic heterocycles. The van der Waals surface area contributed by atoms with E-state index in [-0.39, 0.29) is 5.54 Å². The van der Waals surface area contributed by atoms with Gasteiger partial charge in [-0.2, -0.15) is 5.26 Å². The molecule has 1 aromatic heterocycles. The van der Waals surface area contributed by atoms with Gasteiger partial charge in [0.15, 0.2) is 0 Å². The number of unbranched alkanes of at least 4 members (excludes halogenated alkanes) is 2. The van der Waals surface area contributed by atoms with Crippen LogP contribution in [0.3, 0.4) is 0 Å². The second-order valence-corrected chi connectivity index (χ2v) is 9.62. The van der Waals surface area contributed by atoms with Crippen molar-refractivity contribution in [2.24, 2.45) is 0 Å². The van der Waals surface area contributed by atoms with Crippen LogP contribution in [0.2, 0.25) is 0 Å². The Morgan fingerprint density at radius 2 is 1.81 bits per heavy atom. The number of rotatable bonds is 9. The molecule has 0 atom stereocenters. The van der Waals surface area contributed by atoms with Gasteiger partial charge < -0.3 is 9.42 Å². The second-order valence-electron chi connectivity index (χ2n) is 8.82. The molecule has 2 aromatic carbocycles. The summed E-state index contributed by atoms with van der Waals surface area (Å²) < 4.78 is 5.45. The molecule has 1 heterocycles. The monoisotopic (exact) mass is 491 g/mol. The highest BCUT2D eigenvalue weighted by Gasteiger charge is 2.49. The van der Waals surface area contributed by atoms with Crippen LogP contribution in [0.25, 0.3) is 11.1 Å². The van der Waals surface area contributed by atoms with Gasteiger partial charge in [-0.05, 0) is 81.3 Å². The van der Waals surface area contributed by atoms with Gasteiger partial charge in [0.2, 0.25) is 0 Å². The Morgan fingerprint density at radius 1 is 1.06 bits per heavy atom. The average molecular weight is 492 g/mol. The van der Waals surface area contributed by atoms with E-state index >= 15 is 0 Å². The molecule has 0 spiro atoms. The van der Waals surface area contributed by atoms with Crippen molar-refractivity contribution in [3.63, 3.8) is 0 Å². The Hall–Kier alpha value is -2.58. The molecule has 1 aliphatic rings. The molecule has 4 rings (SSSR count). The predicted molar refractivity (Wildman–Crippen MR) is 133 cm³/mol. The van der Waals surface area contributed by atoms with Crippen molar-refractivity contribution in [1.29, 1.82) is 5.26 Å². The zero-order chi connectivity index (χ0) is 22.7. The van der Waals surface area contributed by atoms with Gasteiger partial charge in [-0.25, -0.2) is 0 Å². The van der Waals surface area contributed by atoms with Gasteiger partial charge in [0.1, 0.15) is 5.76 Å². The van der Waals surface area contributed by atoms with Crippen LogP contribution < -0.4 is 4.90 Å². The lowest BCUT2D eigenvalue weighted by atomic mass is 9.96. The Morgan fingerprint density at radius 3 is 2.41 bits per heavy atom. The van der Waals surface area contributed by atoms with E-state index < -0.39 is 0 Å². The van der Waals surface area contributed by atoms with Crippen molar-refractivity contribution < 1.29 is 4.52 Å². The summed E-state index contributed by atoms with van der Waals surface area (Å²) in [5, 5.41) is 14.4. The lowest BCUT2D eigenvalue weighted by molar-refractivity contribution is 0.393. The minimum atomic E-state index is 0.00447. The predicted octanol–water partition coefficient (Wildman–Crippen LogP) is 7.20. The standard InChI is InChI=1S/C27H30BrN3O/c1-19-7-10-23(26-20(2)30-32-21(26)3)17-25(19)31(16-6-4-5-15-28)27(13-14-27)24-11-8-22(18-29)9-12-24/h7-12,17H,4-6,13-16H2,1-3H3. The summed E-state index contributed by atoms with van der Waals surface area (Å²) in [5.74, 6) is 0.856. The van der Waals surface area contributed by atoms with Crippen molar-refractivity contribution in [3.8, 4) is 17.2 Å². The van der Waals surface area contributed by atoms with Crippen LogP contribution in [0.4, 0.5) is 5.69 Å². The molecule has 0 unspecified atom stereocenters. The van der Waals surface area contributed by atoms with Crippen molar-refractivity contribution in [2.75, 3.05) is 16.8 Å². The number of hydrogen-bond donors (Lipinski definition) is 0. The summed E-state index contributed by atoms with van der Waals surface area (Å²) in [5.41, 5.74) is 7.75. The van der Waals surface area contributed by atoms with Crippen molar-refractivity contribution in [3.05, 3.63) is 70.6 Å². The molecule has 32 heavy (non-hydrogen) atoms. The first kappa shape index (κ1) is 22.6. The van der Waals surface area contributed by atoms with Crippen LogP contribution in [-0.4, -0.2) is 17.0 Å². The molecule has 1 aliphatic carbocycles. The molecule has 5 heteroatoms. The molecule has 166 valence electrons. The summed E-state index contributed by atoms with van der Waals surface area (Å²) in [6.07, 6.45) is 5.81. The average Bonchev–Trinajstić information content (AvgIpc) is 3.54. The van der Waals surface area contributed by atoms with Crippen LogP contribution >= 0.6 is 15.9 Å². The van der Waals surface area contributed by atoms with E-state index in [1.165, 1.54) is 29.7 Å². The number of aromatic nitrogens is 1. The zero-order valence-electron chi connectivity index (χ0n) is 19.1. The molecule has 1 saturated carbocycles. The van der Waals surface area contributed by atoms with Gasteiger partial charge in [0.25, 0.3) is 0 Å². The highest BCUT2D eigenvalue weighted by Crippen LogP contribution is 2.53. The minimum absolute atomic E-state index is 0.00447. The second kappa shape index (κ2) is 9.50. The van der Waals surface area contributed by atoms with Crippen LogP contribution in [0, 0.1) is 32.1 Å². The molecule has 0 bridgehead atoms. The van der Waals surface area contributed by atoms with Gasteiger partial charge in [-0.1, -0.05) is 51.8 Å². The third-order valence-corrected chi connectivity index (χ3v) is 7.19. The van der Waals surface area contributed by atoms with Gasteiger partial charge in [-0.15, -0.1) is 0 Å². The SMILES string of the molecule is Cc1ccc(-c2c(C)noc2C)cc1N(CCCCCBr)C1(c2ccc(C#N)cc2)CC1. The third kappa shape index (κ3) is 4.34. The van der Waals surface area contributed by atoms with Crippen molar-refractivity contribution in [2.45, 2.75) is 58.4 Å². The molecular weight excluding hydrogens is 462 g/mol. The van der Waals surface area contributed by atoms with E-state index in [1.54, 1.807) is 0 Å². The number of benzene rings is 2. The fourth-order valence-electron chi connectivity index (χ4n) is 4.74. The summed E-state index contributed by atoms with van der Waals surface area (Å²) in [6.45, 7) is 7.19.